The molecule has 25 heavy (non-hydrogen) atoms. The van der Waals surface area contributed by atoms with Crippen LogP contribution in [0.3, 0.4) is 0 Å². The Kier molecular flexibility index (Phi) is 7.65. The molecule has 2 heterocycles. The van der Waals surface area contributed by atoms with E-state index in [9.17, 15) is 13.2 Å². The third-order valence-corrected chi connectivity index (χ3v) is 6.25. The van der Waals surface area contributed by atoms with E-state index in [1.165, 1.54) is 0 Å². The van der Waals surface area contributed by atoms with Crippen molar-refractivity contribution >= 4 is 16.0 Å². The van der Waals surface area contributed by atoms with Crippen molar-refractivity contribution in [2.24, 2.45) is 11.8 Å². The van der Waals surface area contributed by atoms with E-state index in [2.05, 4.69) is 10.8 Å². The SMILES string of the molecule is CC=CCS(=O)(=O)NC[C@H]1[C@@H](C/C=C\CCCC(=O)O)[C@H]2CC[C@@H]1O2. The summed E-state index contributed by atoms with van der Waals surface area (Å²) in [5.74, 6) is -0.207. The molecule has 2 saturated heterocycles. The lowest BCUT2D eigenvalue weighted by Crippen LogP contribution is -2.38. The van der Waals surface area contributed by atoms with E-state index >= 15 is 0 Å². The summed E-state index contributed by atoms with van der Waals surface area (Å²) in [7, 11) is -3.28. The van der Waals surface area contributed by atoms with Crippen molar-refractivity contribution in [1.82, 2.24) is 4.72 Å². The van der Waals surface area contributed by atoms with Gasteiger partial charge in [0.15, 0.2) is 0 Å². The van der Waals surface area contributed by atoms with Crippen LogP contribution in [0.2, 0.25) is 0 Å². The molecule has 2 aliphatic heterocycles. The fourth-order valence-electron chi connectivity index (χ4n) is 3.73. The monoisotopic (exact) mass is 371 g/mol. The van der Waals surface area contributed by atoms with Crippen LogP contribution >= 0.6 is 0 Å². The van der Waals surface area contributed by atoms with Gasteiger partial charge >= 0.3 is 5.97 Å². The first kappa shape index (κ1) is 20.1. The Labute approximate surface area is 150 Å². The Morgan fingerprint density at radius 2 is 1.92 bits per heavy atom. The molecule has 7 heteroatoms. The zero-order chi connectivity index (χ0) is 18.3. The van der Waals surface area contributed by atoms with Crippen LogP contribution < -0.4 is 4.72 Å². The maximum atomic E-state index is 12.0. The van der Waals surface area contributed by atoms with E-state index < -0.39 is 16.0 Å². The second kappa shape index (κ2) is 9.50. The minimum atomic E-state index is -3.28. The molecular formula is C18H29NO5S. The molecule has 2 fully saturated rings. The van der Waals surface area contributed by atoms with Gasteiger partial charge in [-0.3, -0.25) is 4.79 Å². The average Bonchev–Trinajstić information content (AvgIpc) is 3.15. The standard InChI is InChI=1S/C18H29NO5S/c1-2-3-12-25(22,23)19-13-15-14(16-10-11-17(15)24-16)8-6-4-5-7-9-18(20)21/h2-4,6,14-17,19H,5,7-13H2,1H3,(H,20,21)/b3-2?,6-4-/t14-,15+,16-,17+/m1/s1. The predicted octanol–water partition coefficient (Wildman–Crippen LogP) is 2.48. The van der Waals surface area contributed by atoms with Crippen molar-refractivity contribution in [3.8, 4) is 0 Å². The summed E-state index contributed by atoms with van der Waals surface area (Å²) in [5, 5.41) is 8.63. The van der Waals surface area contributed by atoms with Crippen molar-refractivity contribution in [3.63, 3.8) is 0 Å². The van der Waals surface area contributed by atoms with Crippen LogP contribution in [0, 0.1) is 11.8 Å². The van der Waals surface area contributed by atoms with Crippen LogP contribution in [-0.2, 0) is 19.6 Å². The molecule has 0 radical (unpaired) electrons. The molecule has 2 bridgehead atoms. The molecule has 0 aromatic heterocycles. The summed E-state index contributed by atoms with van der Waals surface area (Å²) in [5.41, 5.74) is 0. The van der Waals surface area contributed by atoms with E-state index in [0.29, 0.717) is 18.9 Å². The molecule has 0 aliphatic carbocycles. The predicted molar refractivity (Wildman–Crippen MR) is 96.7 cm³/mol. The van der Waals surface area contributed by atoms with Gasteiger partial charge in [-0.25, -0.2) is 13.1 Å². The lowest BCUT2D eigenvalue weighted by Gasteiger charge is -2.27. The quantitative estimate of drug-likeness (QED) is 0.430. The van der Waals surface area contributed by atoms with Crippen molar-refractivity contribution in [1.29, 1.82) is 0 Å². The highest BCUT2D eigenvalue weighted by Gasteiger charge is 2.48. The van der Waals surface area contributed by atoms with Crippen molar-refractivity contribution in [2.75, 3.05) is 12.3 Å². The molecule has 142 valence electrons. The third kappa shape index (κ3) is 6.24. The first-order valence-corrected chi connectivity index (χ1v) is 10.7. The van der Waals surface area contributed by atoms with Crippen LogP contribution in [0.5, 0.6) is 0 Å². The van der Waals surface area contributed by atoms with Gasteiger partial charge in [0, 0.05) is 18.9 Å². The molecule has 0 aromatic rings. The van der Waals surface area contributed by atoms with Crippen LogP contribution in [0.25, 0.3) is 0 Å². The van der Waals surface area contributed by atoms with E-state index in [1.807, 2.05) is 6.08 Å². The molecule has 6 nitrogen and oxygen atoms in total. The molecule has 2 rings (SSSR count). The minimum absolute atomic E-state index is 0.0132. The second-order valence-electron chi connectivity index (χ2n) is 6.81. The van der Waals surface area contributed by atoms with Gasteiger partial charge < -0.3 is 9.84 Å². The Morgan fingerprint density at radius 3 is 2.60 bits per heavy atom. The zero-order valence-electron chi connectivity index (χ0n) is 14.8. The van der Waals surface area contributed by atoms with Crippen LogP contribution in [-0.4, -0.2) is 44.0 Å². The van der Waals surface area contributed by atoms with E-state index in [0.717, 1.165) is 25.7 Å². The first-order chi connectivity index (χ1) is 11.9. The number of carboxylic acid groups (broad SMARTS) is 1. The number of allylic oxidation sites excluding steroid dienone is 3. The minimum Gasteiger partial charge on any atom is -0.481 e. The van der Waals surface area contributed by atoms with Crippen molar-refractivity contribution in [2.45, 2.75) is 57.7 Å². The number of nitrogens with one attached hydrogen (secondary N) is 1. The number of carboxylic acids is 1. The largest absolute Gasteiger partial charge is 0.481 e. The Bertz CT molecular complexity index is 599. The molecular weight excluding hydrogens is 342 g/mol. The third-order valence-electron chi connectivity index (χ3n) is 5.02. The van der Waals surface area contributed by atoms with E-state index in [4.69, 9.17) is 9.84 Å². The molecule has 0 spiro atoms. The number of aliphatic carboxylic acids is 1. The molecule has 4 atom stereocenters. The Balaban J connectivity index is 1.82. The highest BCUT2D eigenvalue weighted by Crippen LogP contribution is 2.44. The number of sulfonamides is 1. The van der Waals surface area contributed by atoms with Gasteiger partial charge in [-0.1, -0.05) is 24.3 Å². The summed E-state index contributed by atoms with van der Waals surface area (Å²) in [6.07, 6.45) is 12.4. The number of ether oxygens (including phenoxy) is 1. The molecule has 0 unspecified atom stereocenters. The smallest absolute Gasteiger partial charge is 0.303 e. The molecule has 2 N–H and O–H groups in total. The summed E-state index contributed by atoms with van der Waals surface area (Å²) < 4.78 is 32.7. The molecule has 0 saturated carbocycles. The Morgan fingerprint density at radius 1 is 1.20 bits per heavy atom. The number of hydrogen-bond acceptors (Lipinski definition) is 4. The fourth-order valence-corrected chi connectivity index (χ4v) is 4.74. The number of fused-ring (bicyclic) bond motifs is 2. The first-order valence-electron chi connectivity index (χ1n) is 9.03. The fraction of sp³-hybridized carbons (Fsp3) is 0.722. The number of rotatable bonds is 11. The average molecular weight is 371 g/mol. The van der Waals surface area contributed by atoms with Crippen molar-refractivity contribution < 1.29 is 23.1 Å². The van der Waals surface area contributed by atoms with Crippen LogP contribution in [0.1, 0.15) is 45.4 Å². The van der Waals surface area contributed by atoms with Crippen LogP contribution in [0.15, 0.2) is 24.3 Å². The van der Waals surface area contributed by atoms with Gasteiger partial charge in [0.05, 0.1) is 18.0 Å². The highest BCUT2D eigenvalue weighted by molar-refractivity contribution is 7.89. The summed E-state index contributed by atoms with van der Waals surface area (Å²) >= 11 is 0. The number of carbonyl (C=O) groups is 1. The lowest BCUT2D eigenvalue weighted by molar-refractivity contribution is -0.137. The normalized spacial score (nSPS) is 29.2. The molecule has 0 amide bonds. The second-order valence-corrected chi connectivity index (χ2v) is 8.66. The summed E-state index contributed by atoms with van der Waals surface area (Å²) in [6.45, 7) is 2.23. The van der Waals surface area contributed by atoms with Gasteiger partial charge in [0.25, 0.3) is 0 Å². The maximum absolute atomic E-state index is 12.0. The van der Waals surface area contributed by atoms with Gasteiger partial charge in [0.1, 0.15) is 0 Å². The number of hydrogen-bond donors (Lipinski definition) is 2. The van der Waals surface area contributed by atoms with E-state index in [1.54, 1.807) is 19.1 Å². The van der Waals surface area contributed by atoms with Gasteiger partial charge in [-0.05, 0) is 44.9 Å². The summed E-state index contributed by atoms with van der Waals surface area (Å²) in [4.78, 5) is 10.5. The molecule has 2 aliphatic rings. The maximum Gasteiger partial charge on any atom is 0.303 e. The summed E-state index contributed by atoms with van der Waals surface area (Å²) in [6, 6.07) is 0. The van der Waals surface area contributed by atoms with Gasteiger partial charge in [-0.15, -0.1) is 0 Å². The van der Waals surface area contributed by atoms with E-state index in [-0.39, 0.29) is 30.3 Å². The van der Waals surface area contributed by atoms with Crippen molar-refractivity contribution in [3.05, 3.63) is 24.3 Å². The number of unbranched alkanes of at least 4 members (excludes halogenated alkanes) is 1. The zero-order valence-corrected chi connectivity index (χ0v) is 15.6. The highest BCUT2D eigenvalue weighted by atomic mass is 32.2. The lowest BCUT2D eigenvalue weighted by atomic mass is 9.77. The topological polar surface area (TPSA) is 92.7 Å². The van der Waals surface area contributed by atoms with Gasteiger partial charge in [0.2, 0.25) is 10.0 Å². The molecule has 0 aromatic carbocycles. The van der Waals surface area contributed by atoms with Gasteiger partial charge in [-0.2, -0.15) is 0 Å². The van der Waals surface area contributed by atoms with Crippen LogP contribution in [0.4, 0.5) is 0 Å². The Hall–Kier alpha value is -1.18.